The molecule has 0 heterocycles. The lowest BCUT2D eigenvalue weighted by molar-refractivity contribution is -0.126. The Hall–Kier alpha value is -2.76. The second kappa shape index (κ2) is 17.8. The van der Waals surface area contributed by atoms with E-state index in [-0.39, 0.29) is 50.7 Å². The van der Waals surface area contributed by atoms with E-state index in [0.29, 0.717) is 24.4 Å². The highest BCUT2D eigenvalue weighted by molar-refractivity contribution is 8.04. The molecule has 0 fully saturated rings. The van der Waals surface area contributed by atoms with Crippen LogP contribution in [0.4, 0.5) is 0 Å². The van der Waals surface area contributed by atoms with E-state index < -0.39 is 5.44 Å². The highest BCUT2D eigenvalue weighted by atomic mass is 32.2. The number of thiocyanates is 1. The van der Waals surface area contributed by atoms with Crippen molar-refractivity contribution in [1.82, 2.24) is 16.0 Å². The molecule has 0 bridgehead atoms. The zero-order valence-electron chi connectivity index (χ0n) is 19.3. The Bertz CT molecular complexity index is 832. The van der Waals surface area contributed by atoms with Gasteiger partial charge in [-0.15, -0.1) is 0 Å². The second-order valence-corrected chi connectivity index (χ2v) is 7.96. The van der Waals surface area contributed by atoms with Gasteiger partial charge in [0.2, 0.25) is 5.91 Å². The van der Waals surface area contributed by atoms with E-state index in [1.165, 1.54) is 0 Å². The van der Waals surface area contributed by atoms with Gasteiger partial charge in [0.25, 0.3) is 5.91 Å². The summed E-state index contributed by atoms with van der Waals surface area (Å²) >= 11 is 0.922. The molecule has 9 nitrogen and oxygen atoms in total. The highest BCUT2D eigenvalue weighted by Gasteiger charge is 2.12. The topological polar surface area (TPSA) is 122 Å². The van der Waals surface area contributed by atoms with Crippen LogP contribution < -0.4 is 20.7 Å². The maximum atomic E-state index is 12.1. The molecule has 0 aliphatic rings. The number of rotatable bonds is 15. The summed E-state index contributed by atoms with van der Waals surface area (Å²) in [6.07, 6.45) is 0. The Kier molecular flexibility index (Phi) is 15.2. The van der Waals surface area contributed by atoms with Gasteiger partial charge in [-0.1, -0.05) is 31.8 Å². The molecule has 1 unspecified atom stereocenters. The Morgan fingerprint density at radius 3 is 2.73 bits per heavy atom. The number of carbonyl (C=O) groups excluding carboxylic acids is 2. The third-order valence-corrected chi connectivity index (χ3v) is 4.50. The second-order valence-electron chi connectivity index (χ2n) is 7.01. The van der Waals surface area contributed by atoms with Crippen LogP contribution in [0.2, 0.25) is 0 Å². The molecule has 0 aliphatic carbocycles. The minimum Gasteiger partial charge on any atom is -0.490 e. The number of nitriles is 1. The molecule has 10 heteroatoms. The molecule has 0 aromatic heterocycles. The van der Waals surface area contributed by atoms with Gasteiger partial charge in [0, 0.05) is 24.6 Å². The lowest BCUT2D eigenvalue weighted by Gasteiger charge is -2.16. The molecule has 0 saturated carbocycles. The van der Waals surface area contributed by atoms with Gasteiger partial charge in [-0.3, -0.25) is 9.59 Å². The number of ether oxygens (including phenoxy) is 3. The average molecular weight is 477 g/mol. The van der Waals surface area contributed by atoms with Crippen LogP contribution in [-0.4, -0.2) is 70.4 Å². The predicted octanol–water partition coefficient (Wildman–Crippen LogP) is 1.36. The monoisotopic (exact) mass is 476 g/mol. The number of amides is 2. The highest BCUT2D eigenvalue weighted by Crippen LogP contribution is 2.17. The van der Waals surface area contributed by atoms with Crippen LogP contribution in [-0.2, 0) is 14.3 Å². The van der Waals surface area contributed by atoms with E-state index in [4.69, 9.17) is 19.5 Å². The predicted molar refractivity (Wildman–Crippen MR) is 128 cm³/mol. The molecule has 1 atom stereocenters. The summed E-state index contributed by atoms with van der Waals surface area (Å²) in [6.45, 7) is 5.83. The van der Waals surface area contributed by atoms with Crippen LogP contribution in [0.1, 0.15) is 24.2 Å². The van der Waals surface area contributed by atoms with Crippen LogP contribution >= 0.6 is 11.8 Å². The summed E-state index contributed by atoms with van der Waals surface area (Å²) in [4.78, 5) is 23.8. The van der Waals surface area contributed by atoms with Crippen molar-refractivity contribution in [3.05, 3.63) is 29.8 Å². The Morgan fingerprint density at radius 2 is 2.00 bits per heavy atom. The Morgan fingerprint density at radius 1 is 1.18 bits per heavy atom. The zero-order chi connectivity index (χ0) is 24.3. The first-order chi connectivity index (χ1) is 16.0. The van der Waals surface area contributed by atoms with Crippen molar-refractivity contribution < 1.29 is 23.8 Å². The molecule has 3 N–H and O–H groups in total. The number of benzene rings is 1. The summed E-state index contributed by atoms with van der Waals surface area (Å²) in [5, 5.41) is 19.4. The van der Waals surface area contributed by atoms with E-state index in [0.717, 1.165) is 11.8 Å². The zero-order valence-corrected chi connectivity index (χ0v) is 20.1. The van der Waals surface area contributed by atoms with Gasteiger partial charge in [0.05, 0.1) is 19.8 Å². The molecule has 0 aliphatic heterocycles. The minimum atomic E-state index is -0.549. The van der Waals surface area contributed by atoms with Gasteiger partial charge < -0.3 is 30.2 Å². The van der Waals surface area contributed by atoms with Crippen LogP contribution in [0.15, 0.2) is 24.3 Å². The molecule has 33 heavy (non-hydrogen) atoms. The molecular weight excluding hydrogens is 444 g/mol. The normalized spacial score (nSPS) is 11.1. The summed E-state index contributed by atoms with van der Waals surface area (Å²) in [6, 6.07) is 6.79. The molecule has 2 amide bonds. The Balaban J connectivity index is 2.34. The first kappa shape index (κ1) is 28.3. The number of nitrogens with zero attached hydrogens (tertiary/aromatic N) is 1. The fourth-order valence-corrected chi connectivity index (χ4v) is 2.74. The number of thioether (sulfide) groups is 1. The SMILES string of the molecule is CNCCNC(=O)c1cccc(OCC(OCCOCC(=O)NCC#CC(C)C)SC#N)c1. The summed E-state index contributed by atoms with van der Waals surface area (Å²) < 4.78 is 16.6. The number of hydrogen-bond donors (Lipinski definition) is 3. The van der Waals surface area contributed by atoms with Gasteiger partial charge in [0.15, 0.2) is 5.44 Å². The molecule has 1 aromatic rings. The van der Waals surface area contributed by atoms with Crippen molar-refractivity contribution in [2.75, 3.05) is 53.1 Å². The summed E-state index contributed by atoms with van der Waals surface area (Å²) in [5.41, 5.74) is -0.0669. The van der Waals surface area contributed by atoms with Crippen LogP contribution in [0.25, 0.3) is 0 Å². The third kappa shape index (κ3) is 14.1. The Labute approximate surface area is 199 Å². The molecule has 0 radical (unpaired) electrons. The lowest BCUT2D eigenvalue weighted by Crippen LogP contribution is -2.30. The number of likely N-dealkylation sites (N-methyl/N-ethyl adjacent to an activating group) is 1. The van der Waals surface area contributed by atoms with Gasteiger partial charge in [-0.05, 0) is 37.0 Å². The van der Waals surface area contributed by atoms with Crippen LogP contribution in [0, 0.1) is 28.4 Å². The molecule has 0 saturated heterocycles. The van der Waals surface area contributed by atoms with E-state index in [1.54, 1.807) is 24.3 Å². The molecule has 1 aromatic carbocycles. The van der Waals surface area contributed by atoms with Crippen molar-refractivity contribution in [1.29, 1.82) is 5.26 Å². The maximum absolute atomic E-state index is 12.1. The quantitative estimate of drug-likeness (QED) is 0.150. The van der Waals surface area contributed by atoms with Crippen LogP contribution in [0.3, 0.4) is 0 Å². The maximum Gasteiger partial charge on any atom is 0.251 e. The first-order valence-corrected chi connectivity index (χ1v) is 11.5. The van der Waals surface area contributed by atoms with E-state index in [1.807, 2.05) is 26.3 Å². The van der Waals surface area contributed by atoms with Gasteiger partial charge in [0.1, 0.15) is 24.4 Å². The standard InChI is InChI=1S/C23H32N4O5S/c1-18(2)6-5-9-26-21(28)15-30-12-13-31-22(33-17-24)16-32-20-8-4-7-19(14-20)23(29)27-11-10-25-3/h4,7-8,14,18,22,25H,9-13,15-16H2,1-3H3,(H,26,28)(H,27,29). The molecular formula is C23H32N4O5S. The largest absolute Gasteiger partial charge is 0.490 e. The summed E-state index contributed by atoms with van der Waals surface area (Å²) in [5.74, 6) is 6.13. The summed E-state index contributed by atoms with van der Waals surface area (Å²) in [7, 11) is 1.81. The van der Waals surface area contributed by atoms with Gasteiger partial charge >= 0.3 is 0 Å². The van der Waals surface area contributed by atoms with Crippen molar-refractivity contribution in [2.24, 2.45) is 5.92 Å². The van der Waals surface area contributed by atoms with Crippen LogP contribution in [0.5, 0.6) is 5.75 Å². The van der Waals surface area contributed by atoms with Crippen molar-refractivity contribution in [2.45, 2.75) is 19.3 Å². The first-order valence-electron chi connectivity index (χ1n) is 10.6. The number of carbonyl (C=O) groups is 2. The minimum absolute atomic E-state index is 0.0948. The van der Waals surface area contributed by atoms with E-state index in [2.05, 4.69) is 27.8 Å². The molecule has 180 valence electrons. The van der Waals surface area contributed by atoms with Crippen molar-refractivity contribution in [3.8, 4) is 23.0 Å². The van der Waals surface area contributed by atoms with Crippen molar-refractivity contribution >= 4 is 23.6 Å². The van der Waals surface area contributed by atoms with E-state index >= 15 is 0 Å². The lowest BCUT2D eigenvalue weighted by atomic mass is 10.2. The number of hydrogen-bond acceptors (Lipinski definition) is 8. The third-order valence-electron chi connectivity index (χ3n) is 3.86. The van der Waals surface area contributed by atoms with E-state index in [9.17, 15) is 9.59 Å². The molecule has 1 rings (SSSR count). The van der Waals surface area contributed by atoms with Crippen molar-refractivity contribution in [3.63, 3.8) is 0 Å². The fraction of sp³-hybridized carbons (Fsp3) is 0.522. The number of nitrogens with one attached hydrogen (secondary N) is 3. The molecule has 0 spiro atoms. The fourth-order valence-electron chi connectivity index (χ4n) is 2.32. The van der Waals surface area contributed by atoms with Gasteiger partial charge in [-0.2, -0.15) is 5.26 Å². The smallest absolute Gasteiger partial charge is 0.251 e. The van der Waals surface area contributed by atoms with Gasteiger partial charge in [-0.25, -0.2) is 0 Å². The average Bonchev–Trinajstić information content (AvgIpc) is 2.80.